The average molecular weight is 313 g/mol. The first-order valence-electron chi connectivity index (χ1n) is 7.95. The fourth-order valence-electron chi connectivity index (χ4n) is 3.25. The van der Waals surface area contributed by atoms with Gasteiger partial charge in [-0.05, 0) is 49.8 Å². The molecule has 0 spiro atoms. The van der Waals surface area contributed by atoms with Crippen LogP contribution in [0.5, 0.6) is 0 Å². The number of nitrogens with zero attached hydrogens (tertiary/aromatic N) is 2. The summed E-state index contributed by atoms with van der Waals surface area (Å²) in [5, 5.41) is 3.12. The van der Waals surface area contributed by atoms with Gasteiger partial charge in [-0.3, -0.25) is 4.79 Å². The normalized spacial score (nSPS) is 20.4. The summed E-state index contributed by atoms with van der Waals surface area (Å²) in [6.07, 6.45) is 7.01. The van der Waals surface area contributed by atoms with Crippen molar-refractivity contribution in [3.63, 3.8) is 0 Å². The molecule has 0 saturated heterocycles. The SMILES string of the molecule is Cc1ncncc1C(=O)N[C@H]1CCC[C@H]1Cc1ccc(F)cc1. The van der Waals surface area contributed by atoms with Crippen LogP contribution in [0.3, 0.4) is 0 Å². The number of hydrogen-bond acceptors (Lipinski definition) is 3. The van der Waals surface area contributed by atoms with Gasteiger partial charge in [-0.15, -0.1) is 0 Å². The van der Waals surface area contributed by atoms with Crippen molar-refractivity contribution in [1.29, 1.82) is 0 Å². The lowest BCUT2D eigenvalue weighted by molar-refractivity contribution is 0.0926. The number of carbonyl (C=O) groups is 1. The third kappa shape index (κ3) is 3.73. The Balaban J connectivity index is 1.66. The van der Waals surface area contributed by atoms with E-state index < -0.39 is 0 Å². The van der Waals surface area contributed by atoms with Crippen LogP contribution in [0.25, 0.3) is 0 Å². The van der Waals surface area contributed by atoms with E-state index in [1.807, 2.05) is 12.1 Å². The highest BCUT2D eigenvalue weighted by Crippen LogP contribution is 2.29. The molecule has 120 valence electrons. The number of halogens is 1. The van der Waals surface area contributed by atoms with Gasteiger partial charge in [-0.25, -0.2) is 14.4 Å². The van der Waals surface area contributed by atoms with Crippen molar-refractivity contribution in [2.24, 2.45) is 5.92 Å². The maximum Gasteiger partial charge on any atom is 0.254 e. The Morgan fingerprint density at radius 3 is 2.83 bits per heavy atom. The molecule has 0 aliphatic heterocycles. The lowest BCUT2D eigenvalue weighted by atomic mass is 9.94. The first kappa shape index (κ1) is 15.6. The molecular formula is C18H20FN3O. The minimum absolute atomic E-state index is 0.112. The van der Waals surface area contributed by atoms with Gasteiger partial charge in [-0.1, -0.05) is 18.6 Å². The van der Waals surface area contributed by atoms with Crippen molar-refractivity contribution in [3.8, 4) is 0 Å². The first-order valence-corrected chi connectivity index (χ1v) is 7.95. The molecule has 1 aliphatic rings. The van der Waals surface area contributed by atoms with Gasteiger partial charge in [-0.2, -0.15) is 0 Å². The van der Waals surface area contributed by atoms with E-state index in [-0.39, 0.29) is 17.8 Å². The summed E-state index contributed by atoms with van der Waals surface area (Å²) in [5.74, 6) is 0.0537. The van der Waals surface area contributed by atoms with Crippen molar-refractivity contribution >= 4 is 5.91 Å². The largest absolute Gasteiger partial charge is 0.349 e. The molecule has 2 aromatic rings. The van der Waals surface area contributed by atoms with E-state index in [1.165, 1.54) is 18.5 Å². The predicted octanol–water partition coefficient (Wildman–Crippen LogP) is 3.07. The number of nitrogens with one attached hydrogen (secondary N) is 1. The van der Waals surface area contributed by atoms with Crippen molar-refractivity contribution in [1.82, 2.24) is 15.3 Å². The molecule has 0 bridgehead atoms. The zero-order valence-electron chi connectivity index (χ0n) is 13.1. The second-order valence-electron chi connectivity index (χ2n) is 6.12. The average Bonchev–Trinajstić information content (AvgIpc) is 2.97. The van der Waals surface area contributed by atoms with Crippen molar-refractivity contribution in [2.45, 2.75) is 38.6 Å². The number of hydrogen-bond donors (Lipinski definition) is 1. The Labute approximate surface area is 135 Å². The molecule has 1 N–H and O–H groups in total. The number of aryl methyl sites for hydroxylation is 1. The highest BCUT2D eigenvalue weighted by molar-refractivity contribution is 5.95. The summed E-state index contributed by atoms with van der Waals surface area (Å²) < 4.78 is 13.0. The van der Waals surface area contributed by atoms with Crippen LogP contribution < -0.4 is 5.32 Å². The number of aromatic nitrogens is 2. The summed E-state index contributed by atoms with van der Waals surface area (Å²) in [4.78, 5) is 20.4. The predicted molar refractivity (Wildman–Crippen MR) is 85.5 cm³/mol. The number of amides is 1. The summed E-state index contributed by atoms with van der Waals surface area (Å²) in [6, 6.07) is 6.77. The zero-order chi connectivity index (χ0) is 16.2. The Kier molecular flexibility index (Phi) is 4.65. The third-order valence-corrected chi connectivity index (χ3v) is 4.54. The number of rotatable bonds is 4. The molecule has 2 atom stereocenters. The quantitative estimate of drug-likeness (QED) is 0.944. The van der Waals surface area contributed by atoms with Crippen LogP contribution in [-0.4, -0.2) is 21.9 Å². The van der Waals surface area contributed by atoms with Crippen molar-refractivity contribution in [2.75, 3.05) is 0 Å². The van der Waals surface area contributed by atoms with Crippen LogP contribution >= 0.6 is 0 Å². The van der Waals surface area contributed by atoms with E-state index in [1.54, 1.807) is 13.1 Å². The molecule has 0 unspecified atom stereocenters. The molecule has 1 heterocycles. The Morgan fingerprint density at radius 1 is 1.30 bits per heavy atom. The molecule has 1 amide bonds. The van der Waals surface area contributed by atoms with E-state index in [4.69, 9.17) is 0 Å². The van der Waals surface area contributed by atoms with Crippen LogP contribution in [-0.2, 0) is 6.42 Å². The Morgan fingerprint density at radius 2 is 2.09 bits per heavy atom. The topological polar surface area (TPSA) is 54.9 Å². The smallest absolute Gasteiger partial charge is 0.254 e. The summed E-state index contributed by atoms with van der Waals surface area (Å²) in [7, 11) is 0. The second kappa shape index (κ2) is 6.86. The lowest BCUT2D eigenvalue weighted by Gasteiger charge is -2.21. The molecule has 1 aromatic carbocycles. The van der Waals surface area contributed by atoms with Crippen LogP contribution in [0.1, 0.15) is 40.9 Å². The molecule has 1 aliphatic carbocycles. The molecule has 5 heteroatoms. The Bertz CT molecular complexity index is 687. The second-order valence-corrected chi connectivity index (χ2v) is 6.12. The summed E-state index contributed by atoms with van der Waals surface area (Å²) in [6.45, 7) is 1.81. The summed E-state index contributed by atoms with van der Waals surface area (Å²) >= 11 is 0. The monoisotopic (exact) mass is 313 g/mol. The van der Waals surface area contributed by atoms with E-state index in [2.05, 4.69) is 15.3 Å². The van der Waals surface area contributed by atoms with Gasteiger partial charge in [0.05, 0.1) is 11.3 Å². The Hall–Kier alpha value is -2.30. The minimum Gasteiger partial charge on any atom is -0.349 e. The standard InChI is InChI=1S/C18H20FN3O/c1-12-16(10-20-11-21-12)18(23)22-17-4-2-3-14(17)9-13-5-7-15(19)8-6-13/h5-8,10-11,14,17H,2-4,9H2,1H3,(H,22,23)/t14-,17-/m0/s1. The highest BCUT2D eigenvalue weighted by atomic mass is 19.1. The van der Waals surface area contributed by atoms with Crippen molar-refractivity contribution in [3.05, 3.63) is 59.4 Å². The van der Waals surface area contributed by atoms with Crippen molar-refractivity contribution < 1.29 is 9.18 Å². The molecular weight excluding hydrogens is 293 g/mol. The molecule has 1 fully saturated rings. The van der Waals surface area contributed by atoms with Crippen LogP contribution in [0.2, 0.25) is 0 Å². The molecule has 23 heavy (non-hydrogen) atoms. The third-order valence-electron chi connectivity index (χ3n) is 4.54. The van der Waals surface area contributed by atoms with Gasteiger partial charge in [0.25, 0.3) is 5.91 Å². The lowest BCUT2D eigenvalue weighted by Crippen LogP contribution is -2.38. The fraction of sp³-hybridized carbons (Fsp3) is 0.389. The van der Waals surface area contributed by atoms with Crippen LogP contribution in [0, 0.1) is 18.7 Å². The molecule has 0 radical (unpaired) electrons. The molecule has 1 saturated carbocycles. The maximum atomic E-state index is 13.0. The van der Waals surface area contributed by atoms with Gasteiger partial charge in [0, 0.05) is 12.2 Å². The van der Waals surface area contributed by atoms with E-state index >= 15 is 0 Å². The molecule has 1 aromatic heterocycles. The maximum absolute atomic E-state index is 13.0. The highest BCUT2D eigenvalue weighted by Gasteiger charge is 2.29. The molecule has 3 rings (SSSR count). The van der Waals surface area contributed by atoms with Gasteiger partial charge in [0.15, 0.2) is 0 Å². The van der Waals surface area contributed by atoms with E-state index in [0.29, 0.717) is 17.2 Å². The van der Waals surface area contributed by atoms with E-state index in [9.17, 15) is 9.18 Å². The summed E-state index contributed by atoms with van der Waals surface area (Å²) in [5.41, 5.74) is 2.32. The van der Waals surface area contributed by atoms with Gasteiger partial charge in [0.1, 0.15) is 12.1 Å². The first-order chi connectivity index (χ1) is 11.1. The zero-order valence-corrected chi connectivity index (χ0v) is 13.1. The minimum atomic E-state index is -0.218. The van der Waals surface area contributed by atoms with Gasteiger partial charge < -0.3 is 5.32 Å². The van der Waals surface area contributed by atoms with E-state index in [0.717, 1.165) is 31.2 Å². The van der Waals surface area contributed by atoms with Gasteiger partial charge in [0.2, 0.25) is 0 Å². The molecule has 4 nitrogen and oxygen atoms in total. The number of carbonyl (C=O) groups excluding carboxylic acids is 1. The van der Waals surface area contributed by atoms with Crippen LogP contribution in [0.4, 0.5) is 4.39 Å². The van der Waals surface area contributed by atoms with Gasteiger partial charge >= 0.3 is 0 Å². The van der Waals surface area contributed by atoms with Crippen LogP contribution in [0.15, 0.2) is 36.8 Å². The number of benzene rings is 1. The fourth-order valence-corrected chi connectivity index (χ4v) is 3.25.